The molecule has 2 aromatic rings. The molecule has 0 aliphatic carbocycles. The molecule has 0 spiro atoms. The molecule has 0 bridgehead atoms. The first-order valence-electron chi connectivity index (χ1n) is 8.79. The van der Waals surface area contributed by atoms with E-state index in [0.29, 0.717) is 25.2 Å². The van der Waals surface area contributed by atoms with Gasteiger partial charge in [0, 0.05) is 25.3 Å². The summed E-state index contributed by atoms with van der Waals surface area (Å²) in [5.74, 6) is -2.15. The number of carbonyl (C=O) groups is 3. The molecular weight excluding hydrogens is 389 g/mol. The van der Waals surface area contributed by atoms with Gasteiger partial charge in [0.25, 0.3) is 5.91 Å². The van der Waals surface area contributed by atoms with Crippen LogP contribution in [0.4, 0.5) is 10.1 Å². The fourth-order valence-corrected chi connectivity index (χ4v) is 3.17. The zero-order valence-electron chi connectivity index (χ0n) is 14.9. The van der Waals surface area contributed by atoms with Crippen LogP contribution < -0.4 is 10.6 Å². The van der Waals surface area contributed by atoms with Crippen molar-refractivity contribution in [3.05, 3.63) is 53.2 Å². The average molecular weight is 408 g/mol. The maximum atomic E-state index is 13.1. The molecule has 0 unspecified atom stereocenters. The molecule has 1 aliphatic heterocycles. The number of nitrogens with zero attached hydrogens (tertiary/aromatic N) is 1. The van der Waals surface area contributed by atoms with E-state index in [2.05, 4.69) is 10.6 Å². The van der Waals surface area contributed by atoms with Crippen molar-refractivity contribution in [3.8, 4) is 0 Å². The van der Waals surface area contributed by atoms with E-state index >= 15 is 0 Å². The van der Waals surface area contributed by atoms with Crippen LogP contribution in [0.1, 0.15) is 23.2 Å². The molecule has 2 heterocycles. The van der Waals surface area contributed by atoms with E-state index in [1.165, 1.54) is 24.7 Å². The highest BCUT2D eigenvalue weighted by Crippen LogP contribution is 2.20. The molecule has 1 aromatic carbocycles. The molecule has 0 atom stereocenters. The maximum Gasteiger partial charge on any atom is 0.313 e. The van der Waals surface area contributed by atoms with E-state index in [4.69, 9.17) is 16.0 Å². The minimum absolute atomic E-state index is 0.0754. The number of hydrogen-bond donors (Lipinski definition) is 2. The molecule has 1 aliphatic rings. The van der Waals surface area contributed by atoms with Crippen molar-refractivity contribution in [2.45, 2.75) is 12.8 Å². The second kappa shape index (κ2) is 8.88. The number of furan rings is 1. The Morgan fingerprint density at radius 1 is 1.18 bits per heavy atom. The van der Waals surface area contributed by atoms with Crippen molar-refractivity contribution >= 4 is 35.0 Å². The quantitative estimate of drug-likeness (QED) is 0.762. The van der Waals surface area contributed by atoms with Crippen molar-refractivity contribution in [3.63, 3.8) is 0 Å². The summed E-state index contributed by atoms with van der Waals surface area (Å²) >= 11 is 5.65. The van der Waals surface area contributed by atoms with Crippen LogP contribution in [0.15, 0.2) is 41.2 Å². The number of amides is 3. The fraction of sp³-hybridized carbons (Fsp3) is 0.316. The van der Waals surface area contributed by atoms with Crippen LogP contribution in [0.25, 0.3) is 0 Å². The molecule has 1 aromatic heterocycles. The second-order valence-electron chi connectivity index (χ2n) is 6.54. The van der Waals surface area contributed by atoms with Gasteiger partial charge in [0.15, 0.2) is 0 Å². The number of anilines is 1. The SMILES string of the molecule is O=C(NCC1CCN(C(=O)c2ccoc2)CC1)C(=O)Nc1ccc(F)c(Cl)c1. The van der Waals surface area contributed by atoms with Gasteiger partial charge in [-0.15, -0.1) is 0 Å². The van der Waals surface area contributed by atoms with Gasteiger partial charge in [0.05, 0.1) is 16.8 Å². The molecule has 0 saturated carbocycles. The maximum absolute atomic E-state index is 13.1. The molecule has 3 amide bonds. The number of hydrogen-bond acceptors (Lipinski definition) is 4. The van der Waals surface area contributed by atoms with E-state index < -0.39 is 17.6 Å². The topological polar surface area (TPSA) is 91.7 Å². The van der Waals surface area contributed by atoms with Gasteiger partial charge in [0.1, 0.15) is 12.1 Å². The van der Waals surface area contributed by atoms with Crippen LogP contribution in [0, 0.1) is 11.7 Å². The summed E-state index contributed by atoms with van der Waals surface area (Å²) in [4.78, 5) is 37.9. The van der Waals surface area contributed by atoms with Gasteiger partial charge < -0.3 is 20.0 Å². The van der Waals surface area contributed by atoms with Crippen molar-refractivity contribution in [2.75, 3.05) is 25.0 Å². The lowest BCUT2D eigenvalue weighted by molar-refractivity contribution is -0.136. The number of benzene rings is 1. The predicted octanol–water partition coefficient (Wildman–Crippen LogP) is 2.68. The van der Waals surface area contributed by atoms with Gasteiger partial charge in [0.2, 0.25) is 0 Å². The number of carbonyl (C=O) groups excluding carboxylic acids is 3. The minimum atomic E-state index is -0.852. The zero-order valence-corrected chi connectivity index (χ0v) is 15.7. The van der Waals surface area contributed by atoms with Gasteiger partial charge in [-0.3, -0.25) is 14.4 Å². The summed E-state index contributed by atoms with van der Waals surface area (Å²) in [5, 5.41) is 4.82. The first-order chi connectivity index (χ1) is 13.4. The predicted molar refractivity (Wildman–Crippen MR) is 100 cm³/mol. The Morgan fingerprint density at radius 2 is 1.93 bits per heavy atom. The second-order valence-corrected chi connectivity index (χ2v) is 6.95. The van der Waals surface area contributed by atoms with Crippen LogP contribution in [0.5, 0.6) is 0 Å². The Bertz CT molecular complexity index is 864. The van der Waals surface area contributed by atoms with Crippen molar-refractivity contribution < 1.29 is 23.2 Å². The van der Waals surface area contributed by atoms with Gasteiger partial charge >= 0.3 is 11.8 Å². The monoisotopic (exact) mass is 407 g/mol. The summed E-state index contributed by atoms with van der Waals surface area (Å²) in [6.07, 6.45) is 4.32. The zero-order chi connectivity index (χ0) is 20.1. The van der Waals surface area contributed by atoms with E-state index in [1.807, 2.05) is 0 Å². The highest BCUT2D eigenvalue weighted by Gasteiger charge is 2.25. The third kappa shape index (κ3) is 4.89. The van der Waals surface area contributed by atoms with Gasteiger partial charge in [-0.25, -0.2) is 4.39 Å². The van der Waals surface area contributed by atoms with Crippen molar-refractivity contribution in [2.24, 2.45) is 5.92 Å². The minimum Gasteiger partial charge on any atom is -0.472 e. The smallest absolute Gasteiger partial charge is 0.313 e. The lowest BCUT2D eigenvalue weighted by atomic mass is 9.96. The first kappa shape index (κ1) is 19.9. The van der Waals surface area contributed by atoms with Crippen LogP contribution in [-0.2, 0) is 9.59 Å². The van der Waals surface area contributed by atoms with Gasteiger partial charge in [-0.05, 0) is 43.0 Å². The standard InChI is InChI=1S/C19H19ClFN3O4/c20-15-9-14(1-2-16(15)21)23-18(26)17(25)22-10-12-3-6-24(7-4-12)19(27)13-5-8-28-11-13/h1-2,5,8-9,11-12H,3-4,6-7,10H2,(H,22,25)(H,23,26). The first-order valence-corrected chi connectivity index (χ1v) is 9.17. The summed E-state index contributed by atoms with van der Waals surface area (Å²) in [6.45, 7) is 1.49. The van der Waals surface area contributed by atoms with Crippen LogP contribution in [-0.4, -0.2) is 42.3 Å². The molecule has 1 saturated heterocycles. The van der Waals surface area contributed by atoms with E-state index in [1.54, 1.807) is 11.0 Å². The molecule has 2 N–H and O–H groups in total. The van der Waals surface area contributed by atoms with Crippen molar-refractivity contribution in [1.82, 2.24) is 10.2 Å². The number of rotatable bonds is 4. The Kier molecular flexibility index (Phi) is 6.30. The van der Waals surface area contributed by atoms with Gasteiger partial charge in [-0.1, -0.05) is 11.6 Å². The Morgan fingerprint density at radius 3 is 2.57 bits per heavy atom. The summed E-state index contributed by atoms with van der Waals surface area (Å²) in [6, 6.07) is 5.28. The summed E-state index contributed by atoms with van der Waals surface area (Å²) in [7, 11) is 0. The number of piperidine rings is 1. The van der Waals surface area contributed by atoms with Crippen LogP contribution in [0.2, 0.25) is 5.02 Å². The Labute approximate surface area is 165 Å². The largest absolute Gasteiger partial charge is 0.472 e. The van der Waals surface area contributed by atoms with E-state index in [0.717, 1.165) is 18.9 Å². The summed E-state index contributed by atoms with van der Waals surface area (Å²) < 4.78 is 18.1. The number of nitrogens with one attached hydrogen (secondary N) is 2. The highest BCUT2D eigenvalue weighted by molar-refractivity contribution is 6.39. The Hall–Kier alpha value is -2.87. The summed E-state index contributed by atoms with van der Waals surface area (Å²) in [5.41, 5.74) is 0.752. The highest BCUT2D eigenvalue weighted by atomic mass is 35.5. The third-order valence-corrected chi connectivity index (χ3v) is 4.89. The molecule has 9 heteroatoms. The number of likely N-dealkylation sites (tertiary alicyclic amines) is 1. The van der Waals surface area contributed by atoms with Gasteiger partial charge in [-0.2, -0.15) is 0 Å². The molecular formula is C19H19ClFN3O4. The Balaban J connectivity index is 1.42. The lowest BCUT2D eigenvalue weighted by Gasteiger charge is -2.31. The van der Waals surface area contributed by atoms with E-state index in [-0.39, 0.29) is 22.5 Å². The normalized spacial score (nSPS) is 14.6. The molecule has 7 nitrogen and oxygen atoms in total. The fourth-order valence-electron chi connectivity index (χ4n) is 2.99. The molecule has 3 rings (SSSR count). The number of halogens is 2. The molecule has 148 valence electrons. The van der Waals surface area contributed by atoms with Crippen molar-refractivity contribution in [1.29, 1.82) is 0 Å². The molecule has 28 heavy (non-hydrogen) atoms. The third-order valence-electron chi connectivity index (χ3n) is 4.60. The van der Waals surface area contributed by atoms with Crippen LogP contribution >= 0.6 is 11.6 Å². The average Bonchev–Trinajstić information content (AvgIpc) is 3.23. The molecule has 1 fully saturated rings. The van der Waals surface area contributed by atoms with Crippen LogP contribution in [0.3, 0.4) is 0 Å². The van der Waals surface area contributed by atoms with E-state index in [9.17, 15) is 18.8 Å². The lowest BCUT2D eigenvalue weighted by Crippen LogP contribution is -2.43. The molecule has 0 radical (unpaired) electrons.